The number of amides is 2. The van der Waals surface area contributed by atoms with Gasteiger partial charge in [-0.3, -0.25) is 0 Å². The van der Waals surface area contributed by atoms with Crippen LogP contribution in [0, 0.1) is 4.91 Å². The second-order valence-electron chi connectivity index (χ2n) is 4.89. The minimum absolute atomic E-state index is 0.0332. The van der Waals surface area contributed by atoms with Crippen LogP contribution in [-0.2, 0) is 4.74 Å². The molecule has 1 aliphatic rings. The van der Waals surface area contributed by atoms with E-state index in [-0.39, 0.29) is 6.03 Å². The number of rotatable bonds is 8. The fraction of sp³-hybridized carbons (Fsp3) is 0.533. The van der Waals surface area contributed by atoms with E-state index in [9.17, 15) is 9.70 Å². The van der Waals surface area contributed by atoms with Crippen LogP contribution in [0.3, 0.4) is 0 Å². The highest BCUT2D eigenvalue weighted by Gasteiger charge is 2.18. The summed E-state index contributed by atoms with van der Waals surface area (Å²) in [7, 11) is 0. The molecule has 1 N–H and O–H groups in total. The summed E-state index contributed by atoms with van der Waals surface area (Å²) in [5, 5.41) is 5.56. The largest absolute Gasteiger partial charge is 0.499 e. The summed E-state index contributed by atoms with van der Waals surface area (Å²) in [5.74, 6) is 0. The fourth-order valence-electron chi connectivity index (χ4n) is 2.08. The van der Waals surface area contributed by atoms with Gasteiger partial charge in [0.25, 0.3) is 0 Å². The van der Waals surface area contributed by atoms with Crippen LogP contribution in [0.4, 0.5) is 4.79 Å². The Morgan fingerprint density at radius 1 is 1.48 bits per heavy atom. The Bertz CT molecular complexity index is 467. The van der Waals surface area contributed by atoms with E-state index in [4.69, 9.17) is 4.74 Å². The first-order valence-electron chi connectivity index (χ1n) is 7.09. The average Bonchev–Trinajstić information content (AvgIpc) is 2.86. The highest BCUT2D eigenvalue weighted by molar-refractivity contribution is 5.76. The van der Waals surface area contributed by atoms with Gasteiger partial charge in [0.15, 0.2) is 0 Å². The molecule has 1 heterocycles. The third kappa shape index (κ3) is 5.81. The number of hydrogen-bond acceptors (Lipinski definition) is 4. The van der Waals surface area contributed by atoms with E-state index in [2.05, 4.69) is 10.5 Å². The van der Waals surface area contributed by atoms with Crippen LogP contribution in [0.25, 0.3) is 0 Å². The minimum atomic E-state index is -0.0332. The van der Waals surface area contributed by atoms with Gasteiger partial charge in [-0.1, -0.05) is 13.0 Å². The predicted molar refractivity (Wildman–Crippen MR) is 82.6 cm³/mol. The molecule has 0 spiro atoms. The molecule has 0 aliphatic carbocycles. The van der Waals surface area contributed by atoms with Crippen LogP contribution in [0.2, 0.25) is 0 Å². The van der Waals surface area contributed by atoms with Gasteiger partial charge in [0, 0.05) is 13.1 Å². The molecule has 0 saturated carbocycles. The summed E-state index contributed by atoms with van der Waals surface area (Å²) in [4.78, 5) is 23.3. The Kier molecular flexibility index (Phi) is 7.21. The normalized spacial score (nSPS) is 17.0. The Morgan fingerprint density at radius 3 is 2.81 bits per heavy atom. The van der Waals surface area contributed by atoms with Crippen LogP contribution in [0.15, 0.2) is 40.4 Å². The third-order valence-electron chi connectivity index (χ3n) is 3.23. The Hall–Kier alpha value is -2.11. The van der Waals surface area contributed by atoms with E-state index >= 15 is 0 Å². The first-order chi connectivity index (χ1) is 10.1. The maximum absolute atomic E-state index is 11.3. The van der Waals surface area contributed by atoms with Crippen molar-refractivity contribution in [1.82, 2.24) is 10.2 Å². The molecule has 0 unspecified atom stereocenters. The lowest BCUT2D eigenvalue weighted by atomic mass is 10.0. The second kappa shape index (κ2) is 8.94. The number of carbonyl (C=O) groups excluding carboxylic acids is 1. The van der Waals surface area contributed by atoms with Gasteiger partial charge in [0.1, 0.15) is 6.61 Å². The van der Waals surface area contributed by atoms with Gasteiger partial charge in [-0.25, -0.2) is 4.79 Å². The van der Waals surface area contributed by atoms with Crippen LogP contribution >= 0.6 is 0 Å². The molecule has 21 heavy (non-hydrogen) atoms. The Balaban J connectivity index is 2.43. The van der Waals surface area contributed by atoms with Crippen molar-refractivity contribution >= 4 is 6.03 Å². The molecule has 1 rings (SSSR count). The maximum atomic E-state index is 11.3. The predicted octanol–water partition coefficient (Wildman–Crippen LogP) is 2.94. The first-order valence-corrected chi connectivity index (χ1v) is 7.09. The van der Waals surface area contributed by atoms with Gasteiger partial charge >= 0.3 is 6.03 Å². The lowest BCUT2D eigenvalue weighted by Gasteiger charge is -2.13. The summed E-state index contributed by atoms with van der Waals surface area (Å²) in [6.45, 7) is 8.31. The van der Waals surface area contributed by atoms with Gasteiger partial charge in [0.2, 0.25) is 0 Å². The van der Waals surface area contributed by atoms with E-state index in [1.54, 1.807) is 11.2 Å². The molecule has 0 bridgehead atoms. The van der Waals surface area contributed by atoms with Crippen molar-refractivity contribution in [1.29, 1.82) is 0 Å². The zero-order valence-electron chi connectivity index (χ0n) is 12.9. The van der Waals surface area contributed by atoms with Crippen LogP contribution in [0.5, 0.6) is 0 Å². The van der Waals surface area contributed by atoms with Gasteiger partial charge in [0.05, 0.1) is 19.0 Å². The quantitative estimate of drug-likeness (QED) is 0.324. The van der Waals surface area contributed by atoms with Crippen molar-refractivity contribution in [2.24, 2.45) is 5.18 Å². The SMILES string of the molecule is CCC(=C/N=O)/C(C)=C\C(C)=COCCN1CCNC1=O. The smallest absolute Gasteiger partial charge is 0.317 e. The number of ether oxygens (including phenoxy) is 1. The molecule has 0 aromatic carbocycles. The minimum Gasteiger partial charge on any atom is -0.499 e. The van der Waals surface area contributed by atoms with Crippen molar-refractivity contribution in [3.05, 3.63) is 40.2 Å². The van der Waals surface area contributed by atoms with E-state index in [1.165, 1.54) is 6.20 Å². The molecule has 116 valence electrons. The van der Waals surface area contributed by atoms with Crippen molar-refractivity contribution in [2.75, 3.05) is 26.2 Å². The summed E-state index contributed by atoms with van der Waals surface area (Å²) >= 11 is 0. The summed E-state index contributed by atoms with van der Waals surface area (Å²) in [5.41, 5.74) is 2.85. The lowest BCUT2D eigenvalue weighted by Crippen LogP contribution is -2.30. The molecule has 6 heteroatoms. The molecular weight excluding hydrogens is 270 g/mol. The van der Waals surface area contributed by atoms with E-state index in [0.717, 1.165) is 29.7 Å². The maximum Gasteiger partial charge on any atom is 0.317 e. The van der Waals surface area contributed by atoms with E-state index < -0.39 is 0 Å². The topological polar surface area (TPSA) is 71.0 Å². The molecular formula is C15H23N3O3. The fourth-order valence-corrected chi connectivity index (χ4v) is 2.08. The molecule has 2 amide bonds. The van der Waals surface area contributed by atoms with E-state index in [1.807, 2.05) is 26.8 Å². The number of nitrogens with zero attached hydrogens (tertiary/aromatic N) is 2. The van der Waals surface area contributed by atoms with Gasteiger partial charge in [-0.05, 0) is 42.2 Å². The third-order valence-corrected chi connectivity index (χ3v) is 3.23. The van der Waals surface area contributed by atoms with Crippen molar-refractivity contribution in [2.45, 2.75) is 27.2 Å². The first kappa shape index (κ1) is 16.9. The highest BCUT2D eigenvalue weighted by Crippen LogP contribution is 2.15. The monoisotopic (exact) mass is 293 g/mol. The summed E-state index contributed by atoms with van der Waals surface area (Å²) < 4.78 is 5.45. The summed E-state index contributed by atoms with van der Waals surface area (Å²) in [6.07, 6.45) is 5.71. The molecule has 0 atom stereocenters. The molecule has 0 radical (unpaired) electrons. The molecule has 1 fully saturated rings. The summed E-state index contributed by atoms with van der Waals surface area (Å²) in [6, 6.07) is -0.0332. The zero-order chi connectivity index (χ0) is 15.7. The van der Waals surface area contributed by atoms with E-state index in [0.29, 0.717) is 19.7 Å². The number of allylic oxidation sites excluding steroid dienone is 4. The van der Waals surface area contributed by atoms with Gasteiger partial charge in [-0.2, -0.15) is 0 Å². The number of nitrogens with one attached hydrogen (secondary N) is 1. The van der Waals surface area contributed by atoms with Crippen molar-refractivity contribution in [3.8, 4) is 0 Å². The number of carbonyl (C=O) groups is 1. The average molecular weight is 293 g/mol. The van der Waals surface area contributed by atoms with Crippen LogP contribution in [-0.4, -0.2) is 37.2 Å². The standard InChI is InChI=1S/C15H23N3O3/c1-4-14(10-17-20)13(3)9-12(2)11-21-8-7-18-6-5-16-15(18)19/h9-11H,4-8H2,1-3H3,(H,16,19)/b12-11?,13-9-,14-10-. The Labute approximate surface area is 125 Å². The van der Waals surface area contributed by atoms with Gasteiger partial charge < -0.3 is 15.0 Å². The zero-order valence-corrected chi connectivity index (χ0v) is 12.9. The highest BCUT2D eigenvalue weighted by atomic mass is 16.5. The number of urea groups is 1. The molecule has 6 nitrogen and oxygen atoms in total. The van der Waals surface area contributed by atoms with Gasteiger partial charge in [-0.15, -0.1) is 4.91 Å². The van der Waals surface area contributed by atoms with Crippen molar-refractivity contribution in [3.63, 3.8) is 0 Å². The Morgan fingerprint density at radius 2 is 2.24 bits per heavy atom. The molecule has 1 aliphatic heterocycles. The molecule has 1 saturated heterocycles. The van der Waals surface area contributed by atoms with Crippen LogP contribution < -0.4 is 5.32 Å². The van der Waals surface area contributed by atoms with Crippen molar-refractivity contribution < 1.29 is 9.53 Å². The number of nitroso groups, excluding NO2 is 1. The lowest BCUT2D eigenvalue weighted by molar-refractivity contribution is 0.185. The molecule has 0 aromatic rings. The number of hydrogen-bond donors (Lipinski definition) is 1. The second-order valence-corrected chi connectivity index (χ2v) is 4.89. The molecule has 0 aromatic heterocycles. The van der Waals surface area contributed by atoms with Crippen LogP contribution in [0.1, 0.15) is 27.2 Å².